The Morgan fingerprint density at radius 3 is 2.50 bits per heavy atom. The Labute approximate surface area is 176 Å². The average molecular weight is 409 g/mol. The molecule has 2 heterocycles. The number of aliphatic hydroxyl groups excluding tert-OH is 1. The van der Waals surface area contributed by atoms with Gasteiger partial charge in [-0.2, -0.15) is 0 Å². The van der Waals surface area contributed by atoms with E-state index in [-0.39, 0.29) is 12.6 Å². The number of aliphatic hydroxyl groups is 1. The number of carbonyl (C=O) groups excluding carboxylic acids is 1. The summed E-state index contributed by atoms with van der Waals surface area (Å²) >= 11 is 0. The number of carbonyl (C=O) groups is 1. The molecule has 158 valence electrons. The molecule has 0 radical (unpaired) electrons. The summed E-state index contributed by atoms with van der Waals surface area (Å²) in [6.45, 7) is 3.76. The van der Waals surface area contributed by atoms with E-state index in [2.05, 4.69) is 25.6 Å². The number of aldehydes is 1. The van der Waals surface area contributed by atoms with Gasteiger partial charge in [-0.1, -0.05) is 6.07 Å². The molecule has 8 nitrogen and oxygen atoms in total. The van der Waals surface area contributed by atoms with Crippen LogP contribution in [0.2, 0.25) is 0 Å². The Morgan fingerprint density at radius 2 is 1.83 bits per heavy atom. The zero-order valence-electron chi connectivity index (χ0n) is 17.7. The minimum absolute atomic E-state index is 0.0508. The third kappa shape index (κ3) is 6.07. The Morgan fingerprint density at radius 1 is 1.13 bits per heavy atom. The molecule has 0 saturated carbocycles. The van der Waals surface area contributed by atoms with E-state index in [0.717, 1.165) is 16.7 Å². The van der Waals surface area contributed by atoms with Crippen LogP contribution in [0.25, 0.3) is 22.5 Å². The second kappa shape index (κ2) is 11.0. The molecule has 0 aliphatic carbocycles. The van der Waals surface area contributed by atoms with Gasteiger partial charge in [-0.05, 0) is 63.8 Å². The van der Waals surface area contributed by atoms with Crippen LogP contribution in [0.3, 0.4) is 0 Å². The number of hydrogen-bond acceptors (Lipinski definition) is 8. The van der Waals surface area contributed by atoms with E-state index in [1.54, 1.807) is 18.3 Å². The molecular formula is C22H28N6O2. The number of nitrogens with zero attached hydrogens (tertiary/aromatic N) is 3. The Balaban J connectivity index is 0.00000101. The topological polar surface area (TPSA) is 126 Å². The molecule has 0 spiro atoms. The summed E-state index contributed by atoms with van der Waals surface area (Å²) in [5, 5.41) is 15.2. The molecule has 0 fully saturated rings. The fourth-order valence-corrected chi connectivity index (χ4v) is 2.65. The fraction of sp³-hybridized carbons (Fsp3) is 0.273. The first-order chi connectivity index (χ1) is 14.4. The van der Waals surface area contributed by atoms with Crippen LogP contribution in [0, 0.1) is 6.92 Å². The van der Waals surface area contributed by atoms with E-state index in [4.69, 9.17) is 5.73 Å². The van der Waals surface area contributed by atoms with E-state index in [1.807, 2.05) is 52.2 Å². The highest BCUT2D eigenvalue weighted by Gasteiger charge is 2.13. The lowest BCUT2D eigenvalue weighted by atomic mass is 10.0. The van der Waals surface area contributed by atoms with Gasteiger partial charge in [0.1, 0.15) is 5.69 Å². The van der Waals surface area contributed by atoms with Crippen molar-refractivity contribution >= 4 is 17.9 Å². The SMILES string of the molecule is CNC.Cc1ccc(N)cc1-c1cc(-c2ccnc(C=O)c2)nc(N[C@H](C)CO)n1. The normalized spacial score (nSPS) is 11.2. The number of nitrogens with one attached hydrogen (secondary N) is 2. The van der Waals surface area contributed by atoms with Crippen molar-refractivity contribution in [2.45, 2.75) is 19.9 Å². The fourth-order valence-electron chi connectivity index (χ4n) is 2.65. The number of anilines is 2. The molecule has 0 bridgehead atoms. The van der Waals surface area contributed by atoms with Gasteiger partial charge in [-0.25, -0.2) is 9.97 Å². The summed E-state index contributed by atoms with van der Waals surface area (Å²) in [6, 6.07) is 10.7. The molecule has 0 saturated heterocycles. The molecule has 1 atom stereocenters. The second-order valence-electron chi connectivity index (χ2n) is 6.85. The predicted octanol–water partition coefficient (Wildman–Crippen LogP) is 2.54. The smallest absolute Gasteiger partial charge is 0.224 e. The number of benzene rings is 1. The quantitative estimate of drug-likeness (QED) is 0.362. The van der Waals surface area contributed by atoms with Crippen LogP contribution in [-0.2, 0) is 0 Å². The summed E-state index contributed by atoms with van der Waals surface area (Å²) in [7, 11) is 3.75. The largest absolute Gasteiger partial charge is 0.399 e. The van der Waals surface area contributed by atoms with Gasteiger partial charge in [-0.3, -0.25) is 9.78 Å². The standard InChI is InChI=1S/C20H21N5O2.C2H7N/c1-12-3-4-15(21)8-17(12)19-9-18(14-5-6-22-16(7-14)11-27)24-20(25-19)23-13(2)10-26;1-3-2/h3-9,11,13,26H,10,21H2,1-2H3,(H,23,24,25);3H,1-2H3/t13-;/m1./s1. The molecule has 0 amide bonds. The van der Waals surface area contributed by atoms with E-state index >= 15 is 0 Å². The maximum Gasteiger partial charge on any atom is 0.224 e. The predicted molar refractivity (Wildman–Crippen MR) is 120 cm³/mol. The monoisotopic (exact) mass is 408 g/mol. The van der Waals surface area contributed by atoms with Crippen molar-refractivity contribution in [2.75, 3.05) is 31.8 Å². The van der Waals surface area contributed by atoms with Crippen LogP contribution in [0.1, 0.15) is 23.0 Å². The van der Waals surface area contributed by atoms with Crippen molar-refractivity contribution in [1.29, 1.82) is 0 Å². The van der Waals surface area contributed by atoms with Crippen molar-refractivity contribution in [3.05, 3.63) is 53.9 Å². The molecule has 3 rings (SSSR count). The highest BCUT2D eigenvalue weighted by molar-refractivity contribution is 5.77. The first-order valence-electron chi connectivity index (χ1n) is 9.54. The number of aryl methyl sites for hydroxylation is 1. The number of rotatable bonds is 6. The van der Waals surface area contributed by atoms with Gasteiger partial charge in [0.05, 0.1) is 18.0 Å². The summed E-state index contributed by atoms with van der Waals surface area (Å²) in [4.78, 5) is 24.2. The summed E-state index contributed by atoms with van der Waals surface area (Å²) in [5.74, 6) is 0.385. The molecule has 0 unspecified atom stereocenters. The second-order valence-corrected chi connectivity index (χ2v) is 6.85. The van der Waals surface area contributed by atoms with Crippen molar-refractivity contribution in [3.63, 3.8) is 0 Å². The molecule has 0 aliphatic rings. The van der Waals surface area contributed by atoms with E-state index in [1.165, 1.54) is 0 Å². The van der Waals surface area contributed by atoms with Gasteiger partial charge < -0.3 is 21.5 Å². The molecule has 5 N–H and O–H groups in total. The van der Waals surface area contributed by atoms with Crippen LogP contribution < -0.4 is 16.4 Å². The van der Waals surface area contributed by atoms with Gasteiger partial charge in [0.15, 0.2) is 6.29 Å². The van der Waals surface area contributed by atoms with Crippen LogP contribution in [0.5, 0.6) is 0 Å². The minimum atomic E-state index is -0.210. The van der Waals surface area contributed by atoms with E-state index < -0.39 is 0 Å². The summed E-state index contributed by atoms with van der Waals surface area (Å²) in [6.07, 6.45) is 2.26. The van der Waals surface area contributed by atoms with Crippen molar-refractivity contribution in [3.8, 4) is 22.5 Å². The first kappa shape index (κ1) is 22.9. The maximum absolute atomic E-state index is 11.1. The van der Waals surface area contributed by atoms with E-state index in [0.29, 0.717) is 35.0 Å². The molecule has 1 aromatic carbocycles. The van der Waals surface area contributed by atoms with Crippen LogP contribution in [0.15, 0.2) is 42.6 Å². The number of aromatic nitrogens is 3. The number of nitrogen functional groups attached to an aromatic ring is 1. The first-order valence-corrected chi connectivity index (χ1v) is 9.54. The van der Waals surface area contributed by atoms with Gasteiger partial charge in [-0.15, -0.1) is 0 Å². The lowest BCUT2D eigenvalue weighted by Crippen LogP contribution is -2.21. The van der Waals surface area contributed by atoms with Crippen molar-refractivity contribution in [1.82, 2.24) is 20.3 Å². The number of hydrogen-bond donors (Lipinski definition) is 4. The van der Waals surface area contributed by atoms with Gasteiger partial charge >= 0.3 is 0 Å². The zero-order chi connectivity index (χ0) is 22.1. The van der Waals surface area contributed by atoms with Gasteiger partial charge in [0.2, 0.25) is 5.95 Å². The lowest BCUT2D eigenvalue weighted by Gasteiger charge is -2.15. The minimum Gasteiger partial charge on any atom is -0.399 e. The molecule has 8 heteroatoms. The van der Waals surface area contributed by atoms with Crippen LogP contribution in [-0.4, -0.2) is 53.1 Å². The zero-order valence-corrected chi connectivity index (χ0v) is 17.7. The molecule has 2 aromatic heterocycles. The lowest BCUT2D eigenvalue weighted by molar-refractivity contribution is 0.111. The highest BCUT2D eigenvalue weighted by atomic mass is 16.3. The van der Waals surface area contributed by atoms with Gasteiger partial charge in [0, 0.05) is 29.1 Å². The number of nitrogens with two attached hydrogens (primary N) is 1. The van der Waals surface area contributed by atoms with Crippen molar-refractivity contribution < 1.29 is 9.90 Å². The average Bonchev–Trinajstić information content (AvgIpc) is 2.75. The molecule has 30 heavy (non-hydrogen) atoms. The Kier molecular flexibility index (Phi) is 8.40. The van der Waals surface area contributed by atoms with Crippen molar-refractivity contribution in [2.24, 2.45) is 0 Å². The van der Waals surface area contributed by atoms with Crippen LogP contribution in [0.4, 0.5) is 11.6 Å². The van der Waals surface area contributed by atoms with E-state index in [9.17, 15) is 9.90 Å². The number of pyridine rings is 1. The summed E-state index contributed by atoms with van der Waals surface area (Å²) in [5.41, 5.74) is 10.9. The third-order valence-corrected chi connectivity index (χ3v) is 4.11. The maximum atomic E-state index is 11.1. The van der Waals surface area contributed by atoms with Crippen LogP contribution >= 0.6 is 0 Å². The Bertz CT molecular complexity index is 993. The van der Waals surface area contributed by atoms with Gasteiger partial charge in [0.25, 0.3) is 0 Å². The Hall–Kier alpha value is -3.36. The molecular weight excluding hydrogens is 380 g/mol. The third-order valence-electron chi connectivity index (χ3n) is 4.11. The molecule has 0 aliphatic heterocycles. The summed E-state index contributed by atoms with van der Waals surface area (Å²) < 4.78 is 0. The molecule has 3 aromatic rings. The highest BCUT2D eigenvalue weighted by Crippen LogP contribution is 2.29.